The van der Waals surface area contributed by atoms with Crippen molar-refractivity contribution < 1.29 is 0 Å². The molecule has 0 saturated heterocycles. The summed E-state index contributed by atoms with van der Waals surface area (Å²) in [5, 5.41) is 16.7. The van der Waals surface area contributed by atoms with Crippen molar-refractivity contribution >= 4 is 5.82 Å². The predicted molar refractivity (Wildman–Crippen MR) is 96.8 cm³/mol. The lowest BCUT2D eigenvalue weighted by molar-refractivity contribution is 0.302. The fraction of sp³-hybridized carbons (Fsp3) is 0.579. The number of nitrogens with zero attached hydrogens (tertiary/aromatic N) is 4. The van der Waals surface area contributed by atoms with Crippen LogP contribution < -0.4 is 10.9 Å². The standard InChI is InChI=1S/C19H25N5O/c1-13-6-11-19(25)24(23-13)16-9-7-15(8-10-16)20-18-12-14-4-2-3-5-17(14)21-22-18/h6,11-12,15-16H,2-5,7-10H2,1H3,(H,20,22). The van der Waals surface area contributed by atoms with Gasteiger partial charge in [0.05, 0.1) is 17.4 Å². The van der Waals surface area contributed by atoms with E-state index in [0.29, 0.717) is 6.04 Å². The van der Waals surface area contributed by atoms with Gasteiger partial charge >= 0.3 is 0 Å². The zero-order valence-electron chi connectivity index (χ0n) is 14.7. The molecule has 0 spiro atoms. The van der Waals surface area contributed by atoms with E-state index >= 15 is 0 Å². The molecular formula is C19H25N5O. The average Bonchev–Trinajstić information content (AvgIpc) is 2.64. The highest BCUT2D eigenvalue weighted by molar-refractivity contribution is 5.40. The lowest BCUT2D eigenvalue weighted by Gasteiger charge is -2.30. The van der Waals surface area contributed by atoms with Gasteiger partial charge in [0.25, 0.3) is 5.56 Å². The molecule has 1 N–H and O–H groups in total. The third-order valence-electron chi connectivity index (χ3n) is 5.42. The molecule has 0 aliphatic heterocycles. The van der Waals surface area contributed by atoms with Gasteiger partial charge in [0, 0.05) is 12.1 Å². The van der Waals surface area contributed by atoms with E-state index in [1.54, 1.807) is 16.8 Å². The number of aromatic nitrogens is 4. The highest BCUT2D eigenvalue weighted by atomic mass is 16.1. The molecule has 2 aromatic heterocycles. The Kier molecular flexibility index (Phi) is 4.51. The van der Waals surface area contributed by atoms with Crippen molar-refractivity contribution in [1.82, 2.24) is 20.0 Å². The maximum absolute atomic E-state index is 12.0. The van der Waals surface area contributed by atoms with Crippen molar-refractivity contribution in [1.29, 1.82) is 0 Å². The molecule has 2 heterocycles. The van der Waals surface area contributed by atoms with Gasteiger partial charge in [-0.3, -0.25) is 4.79 Å². The normalized spacial score (nSPS) is 23.1. The van der Waals surface area contributed by atoms with Crippen LogP contribution in [0.3, 0.4) is 0 Å². The van der Waals surface area contributed by atoms with Gasteiger partial charge in [-0.25, -0.2) is 4.68 Å². The van der Waals surface area contributed by atoms with Crippen molar-refractivity contribution in [2.45, 2.75) is 70.4 Å². The first-order valence-electron chi connectivity index (χ1n) is 9.37. The second-order valence-corrected chi connectivity index (χ2v) is 7.32. The van der Waals surface area contributed by atoms with Crippen molar-refractivity contribution in [3.8, 4) is 0 Å². The van der Waals surface area contributed by atoms with Gasteiger partial charge < -0.3 is 5.32 Å². The molecule has 2 aliphatic carbocycles. The Morgan fingerprint density at radius 2 is 1.88 bits per heavy atom. The quantitative estimate of drug-likeness (QED) is 0.931. The second-order valence-electron chi connectivity index (χ2n) is 7.32. The van der Waals surface area contributed by atoms with Crippen LogP contribution in [0, 0.1) is 6.92 Å². The summed E-state index contributed by atoms with van der Waals surface area (Å²) in [5.41, 5.74) is 3.42. The van der Waals surface area contributed by atoms with E-state index in [9.17, 15) is 4.79 Å². The lowest BCUT2D eigenvalue weighted by atomic mass is 9.91. The van der Waals surface area contributed by atoms with E-state index < -0.39 is 0 Å². The van der Waals surface area contributed by atoms with Crippen molar-refractivity contribution in [2.24, 2.45) is 0 Å². The Labute approximate surface area is 147 Å². The molecule has 2 aliphatic rings. The lowest BCUT2D eigenvalue weighted by Crippen LogP contribution is -2.33. The molecule has 1 saturated carbocycles. The number of aryl methyl sites for hydroxylation is 3. The van der Waals surface area contributed by atoms with E-state index in [1.807, 2.05) is 6.92 Å². The number of nitrogens with one attached hydrogen (secondary N) is 1. The smallest absolute Gasteiger partial charge is 0.267 e. The van der Waals surface area contributed by atoms with Crippen LogP contribution in [0.25, 0.3) is 0 Å². The van der Waals surface area contributed by atoms with Gasteiger partial charge in [-0.1, -0.05) is 0 Å². The molecule has 132 valence electrons. The van der Waals surface area contributed by atoms with Gasteiger partial charge in [0.15, 0.2) is 0 Å². The maximum Gasteiger partial charge on any atom is 0.267 e. The highest BCUT2D eigenvalue weighted by Gasteiger charge is 2.24. The fourth-order valence-electron chi connectivity index (χ4n) is 4.02. The number of rotatable bonds is 3. The van der Waals surface area contributed by atoms with Crippen molar-refractivity contribution in [3.05, 3.63) is 45.5 Å². The van der Waals surface area contributed by atoms with Crippen LogP contribution in [-0.2, 0) is 12.8 Å². The third kappa shape index (κ3) is 3.57. The van der Waals surface area contributed by atoms with Crippen LogP contribution in [0.2, 0.25) is 0 Å². The van der Waals surface area contributed by atoms with Crippen LogP contribution in [0.5, 0.6) is 0 Å². The largest absolute Gasteiger partial charge is 0.366 e. The molecule has 2 aromatic rings. The minimum atomic E-state index is 0.00237. The Bertz CT molecular complexity index is 808. The molecule has 0 atom stereocenters. The first-order valence-corrected chi connectivity index (χ1v) is 9.37. The second kappa shape index (κ2) is 6.94. The summed E-state index contributed by atoms with van der Waals surface area (Å²) in [6.07, 6.45) is 8.63. The van der Waals surface area contributed by atoms with Crippen LogP contribution in [0.15, 0.2) is 23.0 Å². The molecule has 0 unspecified atom stereocenters. The molecule has 4 rings (SSSR count). The molecule has 25 heavy (non-hydrogen) atoms. The minimum absolute atomic E-state index is 0.00237. The number of anilines is 1. The summed E-state index contributed by atoms with van der Waals surface area (Å²) in [7, 11) is 0. The van der Waals surface area contributed by atoms with Gasteiger partial charge in [-0.15, -0.1) is 5.10 Å². The van der Waals surface area contributed by atoms with E-state index in [1.165, 1.54) is 24.1 Å². The summed E-state index contributed by atoms with van der Waals surface area (Å²) in [5.74, 6) is 0.898. The Hall–Kier alpha value is -2.24. The minimum Gasteiger partial charge on any atom is -0.366 e. The molecule has 0 amide bonds. The Morgan fingerprint density at radius 1 is 1.08 bits per heavy atom. The zero-order chi connectivity index (χ0) is 17.2. The van der Waals surface area contributed by atoms with E-state index in [2.05, 4.69) is 26.7 Å². The van der Waals surface area contributed by atoms with E-state index in [4.69, 9.17) is 0 Å². The summed E-state index contributed by atoms with van der Waals surface area (Å²) in [6.45, 7) is 1.93. The average molecular weight is 339 g/mol. The summed E-state index contributed by atoms with van der Waals surface area (Å²) < 4.78 is 1.67. The van der Waals surface area contributed by atoms with Crippen LogP contribution in [0.4, 0.5) is 5.82 Å². The van der Waals surface area contributed by atoms with Crippen LogP contribution in [-0.4, -0.2) is 26.0 Å². The van der Waals surface area contributed by atoms with E-state index in [-0.39, 0.29) is 11.6 Å². The first-order chi connectivity index (χ1) is 12.2. The molecule has 6 heteroatoms. The molecule has 6 nitrogen and oxygen atoms in total. The maximum atomic E-state index is 12.0. The summed E-state index contributed by atoms with van der Waals surface area (Å²) >= 11 is 0. The predicted octanol–water partition coefficient (Wildman–Crippen LogP) is 2.82. The van der Waals surface area contributed by atoms with Crippen molar-refractivity contribution in [2.75, 3.05) is 5.32 Å². The Morgan fingerprint density at radius 3 is 2.72 bits per heavy atom. The Balaban J connectivity index is 1.39. The monoisotopic (exact) mass is 339 g/mol. The fourth-order valence-corrected chi connectivity index (χ4v) is 4.02. The topological polar surface area (TPSA) is 72.7 Å². The van der Waals surface area contributed by atoms with Gasteiger partial charge in [-0.2, -0.15) is 10.2 Å². The SMILES string of the molecule is Cc1ccc(=O)n(C2CCC(Nc3cc4c(nn3)CCCC4)CC2)n1. The number of fused-ring (bicyclic) bond motifs is 1. The number of hydrogen-bond acceptors (Lipinski definition) is 5. The van der Waals surface area contributed by atoms with E-state index in [0.717, 1.165) is 50.0 Å². The highest BCUT2D eigenvalue weighted by Crippen LogP contribution is 2.29. The van der Waals surface area contributed by atoms with Gasteiger partial charge in [-0.05, 0) is 76.0 Å². The third-order valence-corrected chi connectivity index (χ3v) is 5.42. The van der Waals surface area contributed by atoms with Crippen molar-refractivity contribution in [3.63, 3.8) is 0 Å². The van der Waals surface area contributed by atoms with Crippen LogP contribution >= 0.6 is 0 Å². The number of hydrogen-bond donors (Lipinski definition) is 1. The van der Waals surface area contributed by atoms with Crippen LogP contribution in [0.1, 0.15) is 61.5 Å². The molecular weight excluding hydrogens is 314 g/mol. The summed E-state index contributed by atoms with van der Waals surface area (Å²) in [6, 6.07) is 6.18. The molecule has 0 aromatic carbocycles. The molecule has 1 fully saturated rings. The van der Waals surface area contributed by atoms with Gasteiger partial charge in [0.2, 0.25) is 0 Å². The molecule has 0 bridgehead atoms. The summed E-state index contributed by atoms with van der Waals surface area (Å²) in [4.78, 5) is 12.0. The first kappa shape index (κ1) is 16.2. The molecule has 0 radical (unpaired) electrons. The van der Waals surface area contributed by atoms with Gasteiger partial charge in [0.1, 0.15) is 5.82 Å². The zero-order valence-corrected chi connectivity index (χ0v) is 14.7.